The number of nitrogens with one attached hydrogen (secondary N) is 1. The first kappa shape index (κ1) is 14.8. The van der Waals surface area contributed by atoms with E-state index < -0.39 is 0 Å². The van der Waals surface area contributed by atoms with Gasteiger partial charge in [-0.15, -0.1) is 0 Å². The molecule has 0 amide bonds. The van der Waals surface area contributed by atoms with Crippen LogP contribution in [0.1, 0.15) is 38.5 Å². The predicted molar refractivity (Wildman–Crippen MR) is 79.1 cm³/mol. The highest BCUT2D eigenvalue weighted by Gasteiger charge is 2.11. The van der Waals surface area contributed by atoms with Gasteiger partial charge in [-0.25, -0.2) is 4.39 Å². The highest BCUT2D eigenvalue weighted by Crippen LogP contribution is 2.21. The van der Waals surface area contributed by atoms with Crippen molar-refractivity contribution in [3.8, 4) is 5.75 Å². The number of benzene rings is 1. The smallest absolute Gasteiger partial charge is 0.166 e. The molecule has 0 saturated heterocycles. The molecule has 1 saturated carbocycles. The minimum atomic E-state index is -0.311. The fourth-order valence-electron chi connectivity index (χ4n) is 2.46. The van der Waals surface area contributed by atoms with Crippen LogP contribution in [0.5, 0.6) is 5.75 Å². The van der Waals surface area contributed by atoms with Gasteiger partial charge in [0.25, 0.3) is 0 Å². The molecule has 1 aromatic carbocycles. The van der Waals surface area contributed by atoms with E-state index in [0.717, 1.165) is 17.4 Å². The lowest BCUT2D eigenvalue weighted by atomic mass is 9.95. The molecule has 1 aliphatic rings. The minimum absolute atomic E-state index is 0.311. The minimum Gasteiger partial charge on any atom is -0.490 e. The van der Waals surface area contributed by atoms with Crippen molar-refractivity contribution < 1.29 is 9.13 Å². The van der Waals surface area contributed by atoms with Gasteiger partial charge < -0.3 is 10.1 Å². The van der Waals surface area contributed by atoms with Crippen LogP contribution in [0.2, 0.25) is 0 Å². The summed E-state index contributed by atoms with van der Waals surface area (Å²) in [7, 11) is 0. The van der Waals surface area contributed by atoms with E-state index in [1.807, 2.05) is 0 Å². The summed E-state index contributed by atoms with van der Waals surface area (Å²) in [6, 6.07) is 5.56. The molecule has 4 heteroatoms. The van der Waals surface area contributed by atoms with Crippen molar-refractivity contribution in [3.63, 3.8) is 0 Å². The molecule has 0 radical (unpaired) electrons. The summed E-state index contributed by atoms with van der Waals surface area (Å²) in [6.45, 7) is 1.50. The van der Waals surface area contributed by atoms with Crippen LogP contribution in [0.25, 0.3) is 0 Å². The Hall–Kier alpha value is -0.610. The highest BCUT2D eigenvalue weighted by molar-refractivity contribution is 9.10. The molecule has 106 valence electrons. The molecule has 19 heavy (non-hydrogen) atoms. The quantitative estimate of drug-likeness (QED) is 0.786. The van der Waals surface area contributed by atoms with E-state index >= 15 is 0 Å². The summed E-state index contributed by atoms with van der Waals surface area (Å²) in [5.41, 5.74) is 0. The molecule has 2 nitrogen and oxygen atoms in total. The third-order valence-electron chi connectivity index (χ3n) is 3.51. The van der Waals surface area contributed by atoms with Gasteiger partial charge in [-0.05, 0) is 44.0 Å². The van der Waals surface area contributed by atoms with Crippen LogP contribution in [-0.2, 0) is 0 Å². The van der Waals surface area contributed by atoms with Crippen LogP contribution in [0.4, 0.5) is 4.39 Å². The first-order chi connectivity index (χ1) is 9.25. The number of ether oxygens (including phenoxy) is 1. The van der Waals surface area contributed by atoms with Crippen LogP contribution < -0.4 is 10.1 Å². The Kier molecular flexibility index (Phi) is 6.11. The van der Waals surface area contributed by atoms with Crippen molar-refractivity contribution in [2.75, 3.05) is 13.2 Å². The Labute approximate surface area is 122 Å². The molecule has 0 aliphatic heterocycles. The maximum Gasteiger partial charge on any atom is 0.166 e. The summed E-state index contributed by atoms with van der Waals surface area (Å²) >= 11 is 3.23. The van der Waals surface area contributed by atoms with E-state index in [4.69, 9.17) is 4.74 Å². The molecule has 1 N–H and O–H groups in total. The average Bonchev–Trinajstić information content (AvgIpc) is 2.42. The van der Waals surface area contributed by atoms with E-state index in [-0.39, 0.29) is 5.82 Å². The average molecular weight is 330 g/mol. The second kappa shape index (κ2) is 7.85. The molecule has 1 aromatic rings. The van der Waals surface area contributed by atoms with Gasteiger partial charge in [0.15, 0.2) is 11.6 Å². The summed E-state index contributed by atoms with van der Waals surface area (Å²) in [5, 5.41) is 3.55. The van der Waals surface area contributed by atoms with E-state index in [0.29, 0.717) is 18.4 Å². The molecule has 0 aromatic heterocycles. The number of halogens is 2. The zero-order chi connectivity index (χ0) is 13.5. The Morgan fingerprint density at radius 3 is 2.79 bits per heavy atom. The molecular formula is C15H21BrFNO. The van der Waals surface area contributed by atoms with Crippen LogP contribution in [-0.4, -0.2) is 19.2 Å². The molecular weight excluding hydrogens is 309 g/mol. The Bertz CT molecular complexity index is 394. The van der Waals surface area contributed by atoms with Gasteiger partial charge in [0, 0.05) is 10.5 Å². The lowest BCUT2D eigenvalue weighted by molar-refractivity contribution is 0.285. The van der Waals surface area contributed by atoms with Crippen molar-refractivity contribution in [1.82, 2.24) is 5.32 Å². The van der Waals surface area contributed by atoms with E-state index in [2.05, 4.69) is 21.2 Å². The van der Waals surface area contributed by atoms with E-state index in [1.165, 1.54) is 38.2 Å². The van der Waals surface area contributed by atoms with Gasteiger partial charge >= 0.3 is 0 Å². The molecule has 0 heterocycles. The second-order valence-electron chi connectivity index (χ2n) is 5.07. The zero-order valence-electron chi connectivity index (χ0n) is 11.1. The Morgan fingerprint density at radius 2 is 2.05 bits per heavy atom. The number of hydrogen-bond acceptors (Lipinski definition) is 2. The second-order valence-corrected chi connectivity index (χ2v) is 5.98. The van der Waals surface area contributed by atoms with Gasteiger partial charge in [-0.3, -0.25) is 0 Å². The van der Waals surface area contributed by atoms with Crippen molar-refractivity contribution in [3.05, 3.63) is 28.5 Å². The largest absolute Gasteiger partial charge is 0.490 e. The molecule has 2 rings (SSSR count). The van der Waals surface area contributed by atoms with E-state index in [9.17, 15) is 4.39 Å². The topological polar surface area (TPSA) is 21.3 Å². The monoisotopic (exact) mass is 329 g/mol. The van der Waals surface area contributed by atoms with Gasteiger partial charge in [0.1, 0.15) is 0 Å². The SMILES string of the molecule is Fc1cc(Br)ccc1OCCCNC1CCCCC1. The summed E-state index contributed by atoms with van der Waals surface area (Å²) in [4.78, 5) is 0. The van der Waals surface area contributed by atoms with Crippen molar-refractivity contribution >= 4 is 15.9 Å². The Morgan fingerprint density at radius 1 is 1.26 bits per heavy atom. The maximum absolute atomic E-state index is 13.5. The van der Waals surface area contributed by atoms with Crippen molar-refractivity contribution in [2.24, 2.45) is 0 Å². The van der Waals surface area contributed by atoms with Crippen LogP contribution in [0.3, 0.4) is 0 Å². The molecule has 1 fully saturated rings. The summed E-state index contributed by atoms with van der Waals surface area (Å²) < 4.78 is 19.7. The first-order valence-electron chi connectivity index (χ1n) is 7.07. The number of hydrogen-bond donors (Lipinski definition) is 1. The van der Waals surface area contributed by atoms with Gasteiger partial charge in [0.2, 0.25) is 0 Å². The fraction of sp³-hybridized carbons (Fsp3) is 0.600. The predicted octanol–water partition coefficient (Wildman–Crippen LogP) is 4.28. The van der Waals surface area contributed by atoms with Crippen LogP contribution >= 0.6 is 15.9 Å². The molecule has 0 bridgehead atoms. The first-order valence-corrected chi connectivity index (χ1v) is 7.86. The van der Waals surface area contributed by atoms with Crippen LogP contribution in [0.15, 0.2) is 22.7 Å². The van der Waals surface area contributed by atoms with Crippen molar-refractivity contribution in [2.45, 2.75) is 44.6 Å². The third kappa shape index (κ3) is 5.11. The fourth-order valence-corrected chi connectivity index (χ4v) is 2.79. The maximum atomic E-state index is 13.5. The van der Waals surface area contributed by atoms with Gasteiger partial charge in [-0.1, -0.05) is 35.2 Å². The van der Waals surface area contributed by atoms with Gasteiger partial charge in [-0.2, -0.15) is 0 Å². The molecule has 1 aliphatic carbocycles. The molecule has 0 unspecified atom stereocenters. The van der Waals surface area contributed by atoms with Crippen molar-refractivity contribution in [1.29, 1.82) is 0 Å². The number of rotatable bonds is 6. The van der Waals surface area contributed by atoms with Gasteiger partial charge in [0.05, 0.1) is 6.61 Å². The zero-order valence-corrected chi connectivity index (χ0v) is 12.7. The highest BCUT2D eigenvalue weighted by atomic mass is 79.9. The molecule has 0 spiro atoms. The normalized spacial score (nSPS) is 16.5. The van der Waals surface area contributed by atoms with E-state index in [1.54, 1.807) is 12.1 Å². The lowest BCUT2D eigenvalue weighted by Crippen LogP contribution is -2.32. The summed E-state index contributed by atoms with van der Waals surface area (Å²) in [5.74, 6) is 0.0236. The standard InChI is InChI=1S/C15H21BrFNO/c16-12-7-8-15(14(17)11-12)19-10-4-9-18-13-5-2-1-3-6-13/h7-8,11,13,18H,1-6,9-10H2. The molecule has 0 atom stereocenters. The third-order valence-corrected chi connectivity index (χ3v) is 4.00. The Balaban J connectivity index is 1.61. The lowest BCUT2D eigenvalue weighted by Gasteiger charge is -2.22. The summed E-state index contributed by atoms with van der Waals surface area (Å²) in [6.07, 6.45) is 7.57. The van der Waals surface area contributed by atoms with Crippen LogP contribution in [0, 0.1) is 5.82 Å².